The number of pyridine rings is 3. The van der Waals surface area contributed by atoms with E-state index in [9.17, 15) is 40.5 Å². The second-order valence-electron chi connectivity index (χ2n) is 26.3. The zero-order valence-electron chi connectivity index (χ0n) is 72.9. The fraction of sp³-hybridized carbons (Fsp3) is 0.167. The van der Waals surface area contributed by atoms with Crippen molar-refractivity contribution in [2.75, 3.05) is 21.8 Å². The molecule has 0 saturated carbocycles. The van der Waals surface area contributed by atoms with Gasteiger partial charge in [-0.1, -0.05) is 86.3 Å². The number of ketones is 1. The molecule has 135 heavy (non-hydrogen) atoms. The van der Waals surface area contributed by atoms with Gasteiger partial charge >= 0.3 is 48.7 Å². The third-order valence-electron chi connectivity index (χ3n) is 17.0. The Morgan fingerprint density at radius 2 is 0.815 bits per heavy atom. The summed E-state index contributed by atoms with van der Waals surface area (Å²) in [5, 5.41) is 36.5. The minimum atomic E-state index is -3.22. The second-order valence-corrected chi connectivity index (χ2v) is 34.1. The number of nitriles is 1. The van der Waals surface area contributed by atoms with Gasteiger partial charge in [-0.15, -0.1) is 0 Å². The van der Waals surface area contributed by atoms with E-state index >= 15 is 0 Å². The molecule has 31 nitrogen and oxygen atoms in total. The minimum Gasteiger partial charge on any atom is -0.870 e. The molecule has 0 atom stereocenters. The van der Waals surface area contributed by atoms with Gasteiger partial charge in [-0.05, 0) is 271 Å². The van der Waals surface area contributed by atoms with Crippen LogP contribution in [0.4, 0.5) is 49.4 Å². The predicted octanol–water partition coefficient (Wildman–Crippen LogP) is 18.6. The summed E-state index contributed by atoms with van der Waals surface area (Å²) in [6.45, 7) is 19.0. The molecule has 0 aliphatic carbocycles. The fourth-order valence-corrected chi connectivity index (χ4v) is 12.2. The van der Waals surface area contributed by atoms with Gasteiger partial charge in [0.25, 0.3) is 5.91 Å². The first-order valence-electron chi connectivity index (χ1n) is 38.1. The number of hydrazine groups is 1. The molecule has 15 aromatic rings. The molecule has 1 amide bonds. The topological polar surface area (TPSA) is 457 Å². The van der Waals surface area contributed by atoms with Crippen LogP contribution in [0, 0.1) is 87.8 Å². The van der Waals surface area contributed by atoms with Crippen LogP contribution in [0.15, 0.2) is 218 Å². The van der Waals surface area contributed by atoms with Crippen LogP contribution >= 0.6 is 73.7 Å². The van der Waals surface area contributed by atoms with Gasteiger partial charge in [0.2, 0.25) is 0 Å². The van der Waals surface area contributed by atoms with E-state index in [0.717, 1.165) is 92.5 Å². The van der Waals surface area contributed by atoms with Crippen molar-refractivity contribution in [2.24, 2.45) is 5.84 Å². The molecule has 702 valence electrons. The van der Waals surface area contributed by atoms with Gasteiger partial charge in [-0.25, -0.2) is 64.7 Å². The Morgan fingerprint density at radius 3 is 1.16 bits per heavy atom. The maximum Gasteiger partial charge on any atom is 1.00 e. The standard InChI is InChI=1S/C21H16ClFN4O.C16H20FN3.C15H13ClFN3.C13H9ClFN3.C10H10FN3.C6H7FN2.C4H5NO.4CO2.CH4.Cl3OP.Li.H2O/c1-12-3-7-15(8-4-12)25-21(28)17-11-24-20-18(19(17)22)13(2)26-27(20)16-9-5-14(23)6-10-16;1-4-13(5-2)11-18-16-10-12(3)19-20(16)15-8-6-14(17)7-9-15;1-3-10-8-18-15-13(14(10)16)9(2)19-20(15)12-6-4-11(17)5-7-12;1-8-12-11(14)6-7-16-13(12)18(17-8)10-4-2-9(15)3-5-10;1-7-6-10(12)14(13-7)9-4-2-8(11)3-5-9;7-5-1-3-6(9-8)4-2-5;1-4(6)2-3-5;4*2-1-3;;1-5(2,3)4;;/h3-11H,1-2H3,(H,25,28);6-11,18H,4-5H2,1-3H3;4-8H,3H2,1-2H3;2-7H,1H3;2-6H,12H2,1H3;1-4,9H,8H2;2H2,1H3;;;;;1H4;;;1H2/q;;;;;;;;;;;;;+1;/p-1. The Bertz CT molecular complexity index is 6530. The molecule has 0 unspecified atom stereocenters. The molecular weight excluding hydrogens is 1900 g/mol. The van der Waals surface area contributed by atoms with Crippen LogP contribution in [0.5, 0.6) is 0 Å². The number of fused-ring (bicyclic) bond motifs is 3. The van der Waals surface area contributed by atoms with Crippen molar-refractivity contribution in [1.82, 2.24) is 63.9 Å². The molecule has 0 aliphatic rings. The van der Waals surface area contributed by atoms with Crippen LogP contribution in [-0.4, -0.2) is 106 Å². The van der Waals surface area contributed by atoms with Crippen LogP contribution in [0.3, 0.4) is 0 Å². The number of amides is 1. The third-order valence-corrected chi connectivity index (χ3v) is 18.2. The molecule has 15 rings (SSSR count). The number of nitrogens with one attached hydrogen (secondary N) is 3. The van der Waals surface area contributed by atoms with Crippen molar-refractivity contribution in [3.8, 4) is 34.5 Å². The molecule has 0 fully saturated rings. The monoisotopic (exact) mass is 1990 g/mol. The van der Waals surface area contributed by atoms with E-state index in [0.29, 0.717) is 60.9 Å². The number of allylic oxidation sites excluding steroid dienone is 1. The Kier molecular flexibility index (Phi) is 53.9. The average Bonchev–Trinajstić information content (AvgIpc) is 1.63. The summed E-state index contributed by atoms with van der Waals surface area (Å²) in [4.78, 5) is 101. The molecule has 8 N–H and O–H groups in total. The largest absolute Gasteiger partial charge is 1.00 e. The molecule has 45 heteroatoms. The number of aryl methyl sites for hydroxylation is 7. The van der Waals surface area contributed by atoms with E-state index in [1.54, 1.807) is 134 Å². The zero-order valence-corrected chi connectivity index (χ0v) is 78.3. The summed E-state index contributed by atoms with van der Waals surface area (Å²) in [6, 6.07) is 51.0. The van der Waals surface area contributed by atoms with Crippen LogP contribution in [0.1, 0.15) is 104 Å². The van der Waals surface area contributed by atoms with Gasteiger partial charge < -0.3 is 27.3 Å². The fourth-order valence-electron chi connectivity index (χ4n) is 11.1. The van der Waals surface area contributed by atoms with Crippen LogP contribution in [-0.2, 0) is 54.1 Å². The summed E-state index contributed by atoms with van der Waals surface area (Å²) in [5.41, 5.74) is 22.8. The van der Waals surface area contributed by atoms with E-state index < -0.39 is 5.20 Å². The molecule has 8 heterocycles. The number of Topliss-reactive ketones (excluding diaryl/α,β-unsaturated/α-hetero) is 1. The molecule has 0 spiro atoms. The van der Waals surface area contributed by atoms with Crippen LogP contribution in [0.25, 0.3) is 61.5 Å². The van der Waals surface area contributed by atoms with Crippen molar-refractivity contribution in [3.05, 3.63) is 314 Å². The number of hydrogen-bond donors (Lipinski definition) is 5. The number of carbonyl (C=O) groups excluding carboxylic acids is 10. The molecule has 0 aliphatic heterocycles. The quantitative estimate of drug-likeness (QED) is 0.0222. The zero-order chi connectivity index (χ0) is 98.5. The first kappa shape index (κ1) is 119. The average molecular weight is 1990 g/mol. The first-order chi connectivity index (χ1) is 62.8. The summed E-state index contributed by atoms with van der Waals surface area (Å²) in [7, 11) is 0. The summed E-state index contributed by atoms with van der Waals surface area (Å²) >= 11 is 32.9. The maximum absolute atomic E-state index is 13.2. The molecule has 0 bridgehead atoms. The number of anilines is 4. The molecule has 0 radical (unpaired) electrons. The Morgan fingerprint density at radius 1 is 0.481 bits per heavy atom. The van der Waals surface area contributed by atoms with E-state index in [2.05, 4.69) is 104 Å². The summed E-state index contributed by atoms with van der Waals surface area (Å²) in [5.74, 6) is 4.38. The number of carbonyl (C=O) groups is 2. The number of aromatic nitrogens is 13. The van der Waals surface area contributed by atoms with Gasteiger partial charge in [-0.3, -0.25) is 20.0 Å². The van der Waals surface area contributed by atoms with E-state index in [-0.39, 0.29) is 120 Å². The molecule has 0 saturated heterocycles. The van der Waals surface area contributed by atoms with E-state index in [1.165, 1.54) is 91.5 Å². The summed E-state index contributed by atoms with van der Waals surface area (Å²) in [6.07, 6.45) is 10.8. The number of nitrogens with two attached hydrogens (primary N) is 2. The van der Waals surface area contributed by atoms with Crippen molar-refractivity contribution >= 4 is 166 Å². The molecule has 8 aromatic heterocycles. The van der Waals surface area contributed by atoms with Crippen LogP contribution in [0.2, 0.25) is 15.1 Å². The van der Waals surface area contributed by atoms with Gasteiger partial charge in [0, 0.05) is 48.3 Å². The van der Waals surface area contributed by atoms with Gasteiger partial charge in [-0.2, -0.15) is 69.1 Å². The number of halogens is 12. The van der Waals surface area contributed by atoms with Gasteiger partial charge in [0.1, 0.15) is 52.3 Å². The van der Waals surface area contributed by atoms with Gasteiger partial charge in [0.05, 0.1) is 106 Å². The Balaban J connectivity index is 0.000000783. The van der Waals surface area contributed by atoms with Gasteiger partial charge in [0.15, 0.2) is 16.9 Å². The molecule has 7 aromatic carbocycles. The first-order valence-corrected chi connectivity index (χ1v) is 43.7. The second kappa shape index (κ2) is 61.1. The number of hydrogen-bond acceptors (Lipinski definition) is 25. The number of nitrogen functional groups attached to an aromatic ring is 2. The van der Waals surface area contributed by atoms with Crippen molar-refractivity contribution in [3.63, 3.8) is 0 Å². The van der Waals surface area contributed by atoms with E-state index in [1.807, 2.05) is 78.1 Å². The number of benzene rings is 7. The SMILES string of the molecule is C.CC(=O)CC#N.CCC(=CNc1cc(C)nn1-c1ccc(F)cc1)CC.CCc1cnc2c(c(C)nn2-c2ccc(F)cc2)c1Cl.Cc1cc(N)n(-c2ccc(F)cc2)n1.Cc1ccc(NC(=O)c2cnc3c(c(C)nn3-c3ccc(F)cc3)c2Cl)cc1.Cc1nn(-c2ccc(F)cc2)c2nccc(Cl)c12.NNc1ccc(F)cc1.O=C=O.O=C=O.O=C=O.O=C=O.O=P(Cl)(Cl)Cl.[Li+].[OH-]. The summed E-state index contributed by atoms with van der Waals surface area (Å²) < 4.78 is 94.8. The third kappa shape index (κ3) is 38.7. The predicted molar refractivity (Wildman–Crippen MR) is 496 cm³/mol. The normalized spacial score (nSPS) is 9.61. The molecular formula is C90H85Cl6F6LiN19O12P. The van der Waals surface area contributed by atoms with Crippen molar-refractivity contribution in [1.29, 1.82) is 5.26 Å². The number of nitrogens with zero attached hydrogens (tertiary/aromatic N) is 14. The minimum absolute atomic E-state index is 0. The Hall–Kier alpha value is -13.8. The van der Waals surface area contributed by atoms with Crippen LogP contribution < -0.4 is 46.5 Å². The number of rotatable bonds is 14. The van der Waals surface area contributed by atoms with Crippen molar-refractivity contribution in [2.45, 2.75) is 102 Å². The van der Waals surface area contributed by atoms with Crippen molar-refractivity contribution < 1.29 is 103 Å². The maximum atomic E-state index is 13.2. The Labute approximate surface area is 811 Å². The smallest absolute Gasteiger partial charge is 0.870 e. The van der Waals surface area contributed by atoms with E-state index in [4.69, 9.17) is 90.0 Å².